The van der Waals surface area contributed by atoms with Crippen LogP contribution in [0.4, 0.5) is 5.13 Å². The molecule has 1 aliphatic rings. The predicted molar refractivity (Wildman–Crippen MR) is 80.5 cm³/mol. The number of carbonyl (C=O) groups excluding carboxylic acids is 1. The lowest BCUT2D eigenvalue weighted by atomic mass is 9.96. The lowest BCUT2D eigenvalue weighted by Crippen LogP contribution is -2.34. The van der Waals surface area contributed by atoms with E-state index in [0.717, 1.165) is 36.6 Å². The van der Waals surface area contributed by atoms with E-state index in [1.807, 2.05) is 0 Å². The second kappa shape index (κ2) is 6.30. The summed E-state index contributed by atoms with van der Waals surface area (Å²) in [7, 11) is 1.77. The molecule has 19 heavy (non-hydrogen) atoms. The Bertz CT molecular complexity index is 481. The van der Waals surface area contributed by atoms with E-state index in [1.165, 1.54) is 16.9 Å². The van der Waals surface area contributed by atoms with E-state index in [1.54, 1.807) is 18.9 Å². The summed E-state index contributed by atoms with van der Waals surface area (Å²) in [5.41, 5.74) is 2.30. The van der Waals surface area contributed by atoms with Gasteiger partial charge in [0.2, 0.25) is 5.91 Å². The van der Waals surface area contributed by atoms with Gasteiger partial charge in [-0.3, -0.25) is 9.69 Å². The average Bonchev–Trinajstić information content (AvgIpc) is 2.88. The van der Waals surface area contributed by atoms with Gasteiger partial charge in [-0.2, -0.15) is 0 Å². The minimum absolute atomic E-state index is 0.0155. The molecular formula is C14H21N3OS. The van der Waals surface area contributed by atoms with Gasteiger partial charge in [0.1, 0.15) is 0 Å². The summed E-state index contributed by atoms with van der Waals surface area (Å²) in [6.07, 6.45) is 5.61. The molecule has 0 spiro atoms. The van der Waals surface area contributed by atoms with E-state index >= 15 is 0 Å². The summed E-state index contributed by atoms with van der Waals surface area (Å²) in [4.78, 5) is 17.6. The number of thiazole rings is 1. The summed E-state index contributed by atoms with van der Waals surface area (Å²) in [6.45, 7) is 4.80. The molecule has 104 valence electrons. The highest BCUT2D eigenvalue weighted by molar-refractivity contribution is 7.14. The molecule has 2 rings (SSSR count). The molecule has 0 aromatic carbocycles. The largest absolute Gasteiger partial charge is 0.310 e. The van der Waals surface area contributed by atoms with Crippen molar-refractivity contribution < 1.29 is 4.79 Å². The van der Waals surface area contributed by atoms with Gasteiger partial charge in [-0.05, 0) is 25.0 Å². The lowest BCUT2D eigenvalue weighted by molar-refractivity contribution is -0.116. The fourth-order valence-corrected chi connectivity index (χ4v) is 3.10. The van der Waals surface area contributed by atoms with Crippen LogP contribution >= 0.6 is 11.3 Å². The first-order valence-corrected chi connectivity index (χ1v) is 7.65. The van der Waals surface area contributed by atoms with Crippen molar-refractivity contribution in [1.82, 2.24) is 10.3 Å². The van der Waals surface area contributed by atoms with Gasteiger partial charge in [0.15, 0.2) is 5.13 Å². The fraction of sp³-hybridized carbons (Fsp3) is 0.571. The molecule has 0 radical (unpaired) electrons. The first-order valence-electron chi connectivity index (χ1n) is 6.77. The van der Waals surface area contributed by atoms with E-state index in [-0.39, 0.29) is 5.91 Å². The molecule has 1 atom stereocenters. The van der Waals surface area contributed by atoms with Crippen LogP contribution in [-0.4, -0.2) is 30.5 Å². The Kier molecular flexibility index (Phi) is 4.71. The maximum atomic E-state index is 11.4. The average molecular weight is 279 g/mol. The molecule has 1 unspecified atom stereocenters. The van der Waals surface area contributed by atoms with Gasteiger partial charge in [0, 0.05) is 25.4 Å². The minimum atomic E-state index is 0.0155. The normalized spacial score (nSPS) is 19.1. The van der Waals surface area contributed by atoms with Gasteiger partial charge in [-0.15, -0.1) is 11.3 Å². The van der Waals surface area contributed by atoms with E-state index in [4.69, 9.17) is 0 Å². The highest BCUT2D eigenvalue weighted by Gasteiger charge is 2.21. The number of nitrogens with zero attached hydrogens (tertiary/aromatic N) is 2. The van der Waals surface area contributed by atoms with Crippen molar-refractivity contribution in [3.05, 3.63) is 17.2 Å². The van der Waals surface area contributed by atoms with Gasteiger partial charge in [-0.1, -0.05) is 19.4 Å². The molecule has 1 aromatic heterocycles. The molecule has 1 amide bonds. The summed E-state index contributed by atoms with van der Waals surface area (Å²) in [6, 6.07) is 0.399. The lowest BCUT2D eigenvalue weighted by Gasteiger charge is -2.24. The van der Waals surface area contributed by atoms with Gasteiger partial charge in [0.05, 0.1) is 5.69 Å². The maximum absolute atomic E-state index is 11.4. The Morgan fingerprint density at radius 3 is 3.11 bits per heavy atom. The molecule has 1 aromatic rings. The zero-order valence-corrected chi connectivity index (χ0v) is 12.6. The molecule has 1 aliphatic heterocycles. The number of anilines is 1. The standard InChI is InChI=1S/C14H21N3OS/c1-4-6-12-11(7-5-8-15-12)13-9-19-14(16-13)17(3)10(2)18/h7,9,12,15H,4-6,8H2,1-3H3. The van der Waals surface area contributed by atoms with E-state index < -0.39 is 0 Å². The van der Waals surface area contributed by atoms with Crippen LogP contribution in [0.15, 0.2) is 11.5 Å². The molecule has 4 nitrogen and oxygen atoms in total. The number of carbonyl (C=O) groups is 1. The molecule has 1 N–H and O–H groups in total. The molecule has 0 bridgehead atoms. The number of hydrogen-bond acceptors (Lipinski definition) is 4. The van der Waals surface area contributed by atoms with Crippen LogP contribution in [0, 0.1) is 0 Å². The van der Waals surface area contributed by atoms with E-state index in [0.29, 0.717) is 6.04 Å². The molecule has 0 aliphatic carbocycles. The van der Waals surface area contributed by atoms with Crippen LogP contribution < -0.4 is 10.2 Å². The van der Waals surface area contributed by atoms with Crippen LogP contribution in [0.3, 0.4) is 0 Å². The van der Waals surface area contributed by atoms with Crippen molar-refractivity contribution in [3.8, 4) is 0 Å². The molecule has 2 heterocycles. The summed E-state index contributed by atoms with van der Waals surface area (Å²) < 4.78 is 0. The molecule has 0 fully saturated rings. The third kappa shape index (κ3) is 3.22. The van der Waals surface area contributed by atoms with Crippen LogP contribution in [0.1, 0.15) is 38.8 Å². The Hall–Kier alpha value is -1.20. The summed E-state index contributed by atoms with van der Waals surface area (Å²) in [5, 5.41) is 6.37. The first kappa shape index (κ1) is 14.2. The molecular weight excluding hydrogens is 258 g/mol. The predicted octanol–water partition coefficient (Wildman–Crippen LogP) is 2.67. The number of nitrogens with one attached hydrogen (secondary N) is 1. The quantitative estimate of drug-likeness (QED) is 0.921. The van der Waals surface area contributed by atoms with Crippen LogP contribution in [0.2, 0.25) is 0 Å². The van der Waals surface area contributed by atoms with Crippen LogP contribution in [-0.2, 0) is 4.79 Å². The second-order valence-electron chi connectivity index (χ2n) is 4.84. The molecule has 0 saturated heterocycles. The second-order valence-corrected chi connectivity index (χ2v) is 5.67. The SMILES string of the molecule is CCCC1NCCC=C1c1csc(N(C)C(C)=O)n1. The van der Waals surface area contributed by atoms with Crippen molar-refractivity contribution >= 4 is 27.9 Å². The van der Waals surface area contributed by atoms with Gasteiger partial charge < -0.3 is 5.32 Å². The Morgan fingerprint density at radius 2 is 2.42 bits per heavy atom. The van der Waals surface area contributed by atoms with Gasteiger partial charge in [-0.25, -0.2) is 4.98 Å². The van der Waals surface area contributed by atoms with Crippen molar-refractivity contribution in [2.75, 3.05) is 18.5 Å². The number of aromatic nitrogens is 1. The van der Waals surface area contributed by atoms with Crippen molar-refractivity contribution in [1.29, 1.82) is 0 Å². The smallest absolute Gasteiger partial charge is 0.225 e. The summed E-state index contributed by atoms with van der Waals surface area (Å²) in [5.74, 6) is 0.0155. The Morgan fingerprint density at radius 1 is 1.63 bits per heavy atom. The highest BCUT2D eigenvalue weighted by Crippen LogP contribution is 2.29. The molecule has 5 heteroatoms. The van der Waals surface area contributed by atoms with Gasteiger partial charge in [0.25, 0.3) is 0 Å². The summed E-state index contributed by atoms with van der Waals surface area (Å²) >= 11 is 1.53. The Balaban J connectivity index is 2.21. The maximum Gasteiger partial charge on any atom is 0.225 e. The van der Waals surface area contributed by atoms with Crippen LogP contribution in [0.25, 0.3) is 5.57 Å². The zero-order chi connectivity index (χ0) is 13.8. The molecule has 0 saturated carbocycles. The third-order valence-electron chi connectivity index (χ3n) is 3.40. The topological polar surface area (TPSA) is 45.2 Å². The zero-order valence-electron chi connectivity index (χ0n) is 11.8. The fourth-order valence-electron chi connectivity index (χ4n) is 2.25. The monoisotopic (exact) mass is 279 g/mol. The highest BCUT2D eigenvalue weighted by atomic mass is 32.1. The number of rotatable bonds is 4. The first-order chi connectivity index (χ1) is 9.13. The van der Waals surface area contributed by atoms with Crippen LogP contribution in [0.5, 0.6) is 0 Å². The van der Waals surface area contributed by atoms with E-state index in [9.17, 15) is 4.79 Å². The minimum Gasteiger partial charge on any atom is -0.310 e. The van der Waals surface area contributed by atoms with Crippen molar-refractivity contribution in [3.63, 3.8) is 0 Å². The van der Waals surface area contributed by atoms with Crippen molar-refractivity contribution in [2.24, 2.45) is 0 Å². The third-order valence-corrected chi connectivity index (χ3v) is 4.32. The van der Waals surface area contributed by atoms with Gasteiger partial charge >= 0.3 is 0 Å². The number of hydrogen-bond donors (Lipinski definition) is 1. The Labute approximate surface area is 118 Å². The van der Waals surface area contributed by atoms with Crippen molar-refractivity contribution in [2.45, 2.75) is 39.2 Å². The van der Waals surface area contributed by atoms with E-state index in [2.05, 4.69) is 28.7 Å². The number of amides is 1.